The number of aromatic amines is 1. The minimum atomic E-state index is -0.944. The van der Waals surface area contributed by atoms with Crippen molar-refractivity contribution in [3.63, 3.8) is 0 Å². The number of nitrogens with zero attached hydrogens (tertiary/aromatic N) is 1. The summed E-state index contributed by atoms with van der Waals surface area (Å²) in [5.41, 5.74) is 2.89. The van der Waals surface area contributed by atoms with Gasteiger partial charge in [0.05, 0.1) is 16.9 Å². The van der Waals surface area contributed by atoms with Crippen LogP contribution < -0.4 is 15.0 Å². The SMILES string of the molecule is CCCCN(CCCC)c1cc(C(=O)O)cc(NCCc2ccc[nH]2)c1Oc1ccccc1. The maximum Gasteiger partial charge on any atom is 0.335 e. The number of aromatic nitrogens is 1. The van der Waals surface area contributed by atoms with Crippen LogP contribution in [0, 0.1) is 0 Å². The summed E-state index contributed by atoms with van der Waals surface area (Å²) in [4.78, 5) is 17.5. The number of carboxylic acid groups (broad SMARTS) is 1. The summed E-state index contributed by atoms with van der Waals surface area (Å²) >= 11 is 0. The monoisotopic (exact) mass is 449 g/mol. The average Bonchev–Trinajstić information content (AvgIpc) is 3.34. The van der Waals surface area contributed by atoms with Crippen LogP contribution in [-0.4, -0.2) is 35.7 Å². The Morgan fingerprint density at radius 3 is 2.36 bits per heavy atom. The molecule has 176 valence electrons. The lowest BCUT2D eigenvalue weighted by atomic mass is 10.1. The van der Waals surface area contributed by atoms with Crippen LogP contribution in [0.3, 0.4) is 0 Å². The first-order valence-corrected chi connectivity index (χ1v) is 11.9. The van der Waals surface area contributed by atoms with Crippen LogP contribution in [0.5, 0.6) is 11.5 Å². The highest BCUT2D eigenvalue weighted by Gasteiger charge is 2.21. The van der Waals surface area contributed by atoms with Gasteiger partial charge in [-0.15, -0.1) is 0 Å². The molecule has 1 heterocycles. The molecule has 3 rings (SSSR count). The van der Waals surface area contributed by atoms with Gasteiger partial charge in [-0.25, -0.2) is 4.79 Å². The number of aromatic carboxylic acids is 1. The second kappa shape index (κ2) is 12.6. The van der Waals surface area contributed by atoms with E-state index >= 15 is 0 Å². The highest BCUT2D eigenvalue weighted by molar-refractivity contribution is 5.92. The van der Waals surface area contributed by atoms with Gasteiger partial charge < -0.3 is 25.0 Å². The predicted octanol–water partition coefficient (Wildman–Crippen LogP) is 6.57. The van der Waals surface area contributed by atoms with Gasteiger partial charge in [-0.2, -0.15) is 0 Å². The molecule has 0 amide bonds. The number of carboxylic acids is 1. The van der Waals surface area contributed by atoms with Crippen molar-refractivity contribution in [3.05, 3.63) is 72.1 Å². The van der Waals surface area contributed by atoms with Gasteiger partial charge in [-0.3, -0.25) is 0 Å². The summed E-state index contributed by atoms with van der Waals surface area (Å²) in [5.74, 6) is 0.450. The molecule has 0 fully saturated rings. The number of hydrogen-bond donors (Lipinski definition) is 3. The largest absolute Gasteiger partial charge is 0.478 e. The molecule has 6 nitrogen and oxygen atoms in total. The van der Waals surface area contributed by atoms with Crippen LogP contribution in [0.4, 0.5) is 11.4 Å². The standard InChI is InChI=1S/C27H35N3O3/c1-3-5-17-30(18-6-4-2)25-20-21(27(31)32)19-24(29-16-14-22-11-10-15-28-22)26(25)33-23-12-8-7-9-13-23/h7-13,15,19-20,28-29H,3-6,14,16-18H2,1-2H3,(H,31,32). The van der Waals surface area contributed by atoms with Crippen LogP contribution in [0.15, 0.2) is 60.8 Å². The molecule has 2 aromatic carbocycles. The van der Waals surface area contributed by atoms with E-state index in [4.69, 9.17) is 4.74 Å². The number of unbranched alkanes of at least 4 members (excludes halogenated alkanes) is 2. The molecule has 0 unspecified atom stereocenters. The van der Waals surface area contributed by atoms with E-state index in [2.05, 4.69) is 29.0 Å². The third-order valence-electron chi connectivity index (χ3n) is 5.56. The molecule has 0 aliphatic rings. The first-order chi connectivity index (χ1) is 16.1. The van der Waals surface area contributed by atoms with E-state index in [0.29, 0.717) is 18.0 Å². The molecule has 0 radical (unpaired) electrons. The third-order valence-corrected chi connectivity index (χ3v) is 5.56. The molecule has 0 atom stereocenters. The van der Waals surface area contributed by atoms with E-state index < -0.39 is 5.97 Å². The molecule has 33 heavy (non-hydrogen) atoms. The number of nitrogens with one attached hydrogen (secondary N) is 2. The van der Waals surface area contributed by atoms with Crippen LogP contribution in [0.2, 0.25) is 0 Å². The van der Waals surface area contributed by atoms with E-state index in [1.807, 2.05) is 48.7 Å². The summed E-state index contributed by atoms with van der Waals surface area (Å²) in [5, 5.41) is 13.3. The molecule has 6 heteroatoms. The van der Waals surface area contributed by atoms with Crippen molar-refractivity contribution in [2.45, 2.75) is 46.0 Å². The molecule has 0 saturated carbocycles. The Kier molecular flexibility index (Phi) is 9.24. The van der Waals surface area contributed by atoms with Gasteiger partial charge >= 0.3 is 5.97 Å². The number of anilines is 2. The first-order valence-electron chi connectivity index (χ1n) is 11.9. The summed E-state index contributed by atoms with van der Waals surface area (Å²) < 4.78 is 6.40. The Morgan fingerprint density at radius 2 is 1.76 bits per heavy atom. The van der Waals surface area contributed by atoms with Crippen LogP contribution >= 0.6 is 0 Å². The van der Waals surface area contributed by atoms with E-state index in [1.165, 1.54) is 0 Å². The van der Waals surface area contributed by atoms with Gasteiger partial charge in [0.2, 0.25) is 0 Å². The van der Waals surface area contributed by atoms with Crippen molar-refractivity contribution in [2.75, 3.05) is 29.9 Å². The molecule has 0 aliphatic carbocycles. The number of rotatable bonds is 14. The minimum Gasteiger partial charge on any atom is -0.478 e. The lowest BCUT2D eigenvalue weighted by molar-refractivity contribution is 0.0697. The smallest absolute Gasteiger partial charge is 0.335 e. The average molecular weight is 450 g/mol. The van der Waals surface area contributed by atoms with Crippen molar-refractivity contribution in [1.29, 1.82) is 0 Å². The van der Waals surface area contributed by atoms with Crippen molar-refractivity contribution in [1.82, 2.24) is 4.98 Å². The normalized spacial score (nSPS) is 10.7. The van der Waals surface area contributed by atoms with E-state index in [-0.39, 0.29) is 5.56 Å². The number of benzene rings is 2. The molecular formula is C27H35N3O3. The fourth-order valence-corrected chi connectivity index (χ4v) is 3.72. The third kappa shape index (κ3) is 7.04. The number of ether oxygens (including phenoxy) is 1. The van der Waals surface area contributed by atoms with Gasteiger partial charge in [-0.1, -0.05) is 44.9 Å². The van der Waals surface area contributed by atoms with Gasteiger partial charge in [0, 0.05) is 37.9 Å². The zero-order valence-corrected chi connectivity index (χ0v) is 19.6. The van der Waals surface area contributed by atoms with Gasteiger partial charge in [0.1, 0.15) is 5.75 Å². The molecule has 3 aromatic rings. The fourth-order valence-electron chi connectivity index (χ4n) is 3.72. The highest BCUT2D eigenvalue weighted by atomic mass is 16.5. The summed E-state index contributed by atoms with van der Waals surface area (Å²) in [6.45, 7) is 6.69. The quantitative estimate of drug-likeness (QED) is 0.260. The molecule has 3 N–H and O–H groups in total. The molecule has 0 spiro atoms. The molecule has 1 aromatic heterocycles. The van der Waals surface area contributed by atoms with Gasteiger partial charge in [0.25, 0.3) is 0 Å². The maximum atomic E-state index is 12.0. The van der Waals surface area contributed by atoms with Crippen molar-refractivity contribution < 1.29 is 14.6 Å². The second-order valence-electron chi connectivity index (χ2n) is 8.16. The van der Waals surface area contributed by atoms with Gasteiger partial charge in [-0.05, 0) is 49.2 Å². The van der Waals surface area contributed by atoms with Crippen molar-refractivity contribution in [3.8, 4) is 11.5 Å². The van der Waals surface area contributed by atoms with Crippen LogP contribution in [-0.2, 0) is 6.42 Å². The zero-order valence-electron chi connectivity index (χ0n) is 19.6. The summed E-state index contributed by atoms with van der Waals surface area (Å²) in [6, 6.07) is 17.1. The topological polar surface area (TPSA) is 77.6 Å². The number of H-pyrrole nitrogens is 1. The molecule has 0 saturated heterocycles. The Bertz CT molecular complexity index is 979. The zero-order chi connectivity index (χ0) is 23.5. The Morgan fingerprint density at radius 1 is 1.03 bits per heavy atom. The number of carbonyl (C=O) groups is 1. The molecular weight excluding hydrogens is 414 g/mol. The highest BCUT2D eigenvalue weighted by Crippen LogP contribution is 2.41. The van der Waals surface area contributed by atoms with Crippen molar-refractivity contribution in [2.24, 2.45) is 0 Å². The van der Waals surface area contributed by atoms with E-state index in [9.17, 15) is 9.90 Å². The first kappa shape index (κ1) is 24.2. The lowest BCUT2D eigenvalue weighted by Gasteiger charge is -2.29. The summed E-state index contributed by atoms with van der Waals surface area (Å²) in [7, 11) is 0. The lowest BCUT2D eigenvalue weighted by Crippen LogP contribution is -2.26. The Balaban J connectivity index is 2.01. The Hall–Kier alpha value is -3.41. The fraction of sp³-hybridized carbons (Fsp3) is 0.370. The minimum absolute atomic E-state index is 0.255. The van der Waals surface area contributed by atoms with Crippen LogP contribution in [0.25, 0.3) is 0 Å². The number of hydrogen-bond acceptors (Lipinski definition) is 4. The number of para-hydroxylation sites is 1. The maximum absolute atomic E-state index is 12.0. The Labute approximate surface area is 196 Å². The second-order valence-corrected chi connectivity index (χ2v) is 8.16. The molecule has 0 aliphatic heterocycles. The van der Waals surface area contributed by atoms with E-state index in [0.717, 1.165) is 62.3 Å². The van der Waals surface area contributed by atoms with Crippen LogP contribution in [0.1, 0.15) is 55.6 Å². The predicted molar refractivity (Wildman–Crippen MR) is 135 cm³/mol. The molecule has 0 bridgehead atoms. The van der Waals surface area contributed by atoms with E-state index in [1.54, 1.807) is 12.1 Å². The van der Waals surface area contributed by atoms with Gasteiger partial charge in [0.15, 0.2) is 5.75 Å². The van der Waals surface area contributed by atoms with Crippen molar-refractivity contribution >= 4 is 17.3 Å². The summed E-state index contributed by atoms with van der Waals surface area (Å²) in [6.07, 6.45) is 6.89.